The van der Waals surface area contributed by atoms with Crippen LogP contribution in [0.3, 0.4) is 0 Å². The fourth-order valence-corrected chi connectivity index (χ4v) is 5.24. The van der Waals surface area contributed by atoms with E-state index in [-0.39, 0.29) is 11.1 Å². The Morgan fingerprint density at radius 1 is 1.14 bits per heavy atom. The molecule has 2 N–H and O–H groups in total. The van der Waals surface area contributed by atoms with Gasteiger partial charge in [0.25, 0.3) is 0 Å². The fourth-order valence-electron chi connectivity index (χ4n) is 5.24. The van der Waals surface area contributed by atoms with Gasteiger partial charge in [-0.2, -0.15) is 13.2 Å². The Labute approximate surface area is 167 Å². The highest BCUT2D eigenvalue weighted by atomic mass is 19.4. The van der Waals surface area contributed by atoms with Gasteiger partial charge >= 0.3 is 6.18 Å². The number of fused-ring (bicyclic) bond motifs is 2. The lowest BCUT2D eigenvalue weighted by atomic mass is 9.69. The van der Waals surface area contributed by atoms with Crippen LogP contribution in [0.2, 0.25) is 0 Å². The lowest BCUT2D eigenvalue weighted by molar-refractivity contribution is -0.137. The van der Waals surface area contributed by atoms with Gasteiger partial charge in [0, 0.05) is 48.7 Å². The van der Waals surface area contributed by atoms with Gasteiger partial charge in [-0.05, 0) is 60.2 Å². The number of halogens is 4. The van der Waals surface area contributed by atoms with Gasteiger partial charge in [-0.1, -0.05) is 6.92 Å². The van der Waals surface area contributed by atoms with Crippen molar-refractivity contribution >= 4 is 17.1 Å². The maximum atomic E-state index is 13.8. The molecule has 0 aliphatic carbocycles. The van der Waals surface area contributed by atoms with Crippen molar-refractivity contribution < 1.29 is 17.6 Å². The lowest BCUT2D eigenvalue weighted by Gasteiger charge is -2.47. The largest absolute Gasteiger partial charge is 0.416 e. The van der Waals surface area contributed by atoms with Crippen molar-refractivity contribution in [1.82, 2.24) is 5.32 Å². The Hall–Kier alpha value is -2.28. The van der Waals surface area contributed by atoms with E-state index in [9.17, 15) is 17.6 Å². The number of hydrogen-bond acceptors (Lipinski definition) is 3. The quantitative estimate of drug-likeness (QED) is 0.701. The van der Waals surface area contributed by atoms with Crippen LogP contribution in [-0.2, 0) is 18.0 Å². The first-order chi connectivity index (χ1) is 13.7. The van der Waals surface area contributed by atoms with Gasteiger partial charge in [0.2, 0.25) is 0 Å². The van der Waals surface area contributed by atoms with Crippen LogP contribution in [0, 0.1) is 11.7 Å². The summed E-state index contributed by atoms with van der Waals surface area (Å²) in [7, 11) is 0. The summed E-state index contributed by atoms with van der Waals surface area (Å²) in [5, 5.41) is 6.55. The van der Waals surface area contributed by atoms with E-state index in [4.69, 9.17) is 0 Å². The third-order valence-electron chi connectivity index (χ3n) is 6.73. The van der Waals surface area contributed by atoms with Crippen LogP contribution in [0.15, 0.2) is 30.3 Å². The van der Waals surface area contributed by atoms with Gasteiger partial charge in [-0.25, -0.2) is 4.39 Å². The number of alkyl halides is 3. The molecule has 3 aliphatic heterocycles. The average Bonchev–Trinajstić information content (AvgIpc) is 3.02. The first-order valence-corrected chi connectivity index (χ1v) is 10.0. The summed E-state index contributed by atoms with van der Waals surface area (Å²) in [6, 6.07) is 6.65. The number of benzene rings is 2. The molecule has 7 heteroatoms. The molecule has 0 aromatic heterocycles. The van der Waals surface area contributed by atoms with Crippen LogP contribution in [0.5, 0.6) is 0 Å². The minimum atomic E-state index is -4.59. The first kappa shape index (κ1) is 18.7. The highest BCUT2D eigenvalue weighted by Crippen LogP contribution is 2.49. The third-order valence-corrected chi connectivity index (χ3v) is 6.73. The predicted molar refractivity (Wildman–Crippen MR) is 105 cm³/mol. The zero-order chi connectivity index (χ0) is 20.4. The maximum Gasteiger partial charge on any atom is 0.416 e. The first-order valence-electron chi connectivity index (χ1n) is 10.0. The Kier molecular flexibility index (Phi) is 4.11. The number of hydrogen-bond donors (Lipinski definition) is 2. The Morgan fingerprint density at radius 3 is 2.72 bits per heavy atom. The smallest absolute Gasteiger partial charge is 0.371 e. The minimum absolute atomic E-state index is 0.00528. The Bertz CT molecular complexity index is 971. The van der Waals surface area contributed by atoms with E-state index in [1.807, 2.05) is 6.07 Å². The summed E-state index contributed by atoms with van der Waals surface area (Å²) in [5.41, 5.74) is 3.58. The summed E-state index contributed by atoms with van der Waals surface area (Å²) in [5.74, 6) is -0.401. The molecule has 2 aromatic rings. The van der Waals surface area contributed by atoms with Crippen molar-refractivity contribution in [1.29, 1.82) is 0 Å². The van der Waals surface area contributed by atoms with Gasteiger partial charge in [0.15, 0.2) is 0 Å². The van der Waals surface area contributed by atoms with Gasteiger partial charge in [-0.15, -0.1) is 0 Å². The molecule has 0 radical (unpaired) electrons. The summed E-state index contributed by atoms with van der Waals surface area (Å²) in [4.78, 5) is 2.46. The zero-order valence-electron chi connectivity index (χ0n) is 16.2. The Morgan fingerprint density at radius 2 is 1.93 bits per heavy atom. The fraction of sp³-hybridized carbons (Fsp3) is 0.455. The molecule has 0 amide bonds. The number of anilines is 3. The molecule has 29 heavy (non-hydrogen) atoms. The van der Waals surface area contributed by atoms with E-state index < -0.39 is 17.6 Å². The molecule has 3 heterocycles. The van der Waals surface area contributed by atoms with Crippen LogP contribution < -0.4 is 15.5 Å². The second kappa shape index (κ2) is 6.36. The SMILES string of the molecule is C[C@@]12CNCC1CN1CCCc3cc(Nc4cc(F)cc(C(F)(F)F)c4)cc2c31. The molecule has 2 aromatic carbocycles. The zero-order valence-corrected chi connectivity index (χ0v) is 16.2. The van der Waals surface area contributed by atoms with Crippen molar-refractivity contribution in [3.63, 3.8) is 0 Å². The molecule has 5 rings (SSSR count). The molecule has 0 spiro atoms. The van der Waals surface area contributed by atoms with Crippen molar-refractivity contribution in [3.8, 4) is 0 Å². The van der Waals surface area contributed by atoms with Crippen molar-refractivity contribution in [2.45, 2.75) is 31.4 Å². The second-order valence-electron chi connectivity index (χ2n) is 8.68. The average molecular weight is 405 g/mol. The van der Waals surface area contributed by atoms with Crippen LogP contribution in [0.1, 0.15) is 30.0 Å². The van der Waals surface area contributed by atoms with Crippen LogP contribution in [0.25, 0.3) is 0 Å². The van der Waals surface area contributed by atoms with E-state index in [0.29, 0.717) is 17.7 Å². The molecule has 3 aliphatic rings. The highest BCUT2D eigenvalue weighted by Gasteiger charge is 2.47. The molecule has 1 unspecified atom stereocenters. The van der Waals surface area contributed by atoms with Gasteiger partial charge in [-0.3, -0.25) is 0 Å². The van der Waals surface area contributed by atoms with Crippen molar-refractivity contribution in [2.75, 3.05) is 36.4 Å². The lowest BCUT2D eigenvalue weighted by Crippen LogP contribution is -2.48. The summed E-state index contributed by atoms with van der Waals surface area (Å²) in [6.07, 6.45) is -2.58. The standard InChI is InChI=1S/C22H23F4N3/c1-21-12-27-10-15(21)11-29-4-2-3-13-5-17(9-19(21)20(13)29)28-18-7-14(22(24,25)26)6-16(23)8-18/h5-9,15,27-28H,2-4,10-12H2,1H3/t15?,21-/m1/s1. The van der Waals surface area contributed by atoms with Crippen molar-refractivity contribution in [2.24, 2.45) is 5.92 Å². The molecular formula is C22H23F4N3. The van der Waals surface area contributed by atoms with Crippen LogP contribution in [-0.4, -0.2) is 26.2 Å². The number of nitrogens with one attached hydrogen (secondary N) is 2. The van der Waals surface area contributed by atoms with E-state index in [1.165, 1.54) is 16.8 Å². The van der Waals surface area contributed by atoms with E-state index in [1.54, 1.807) is 0 Å². The number of aryl methyl sites for hydroxylation is 1. The summed E-state index contributed by atoms with van der Waals surface area (Å²) >= 11 is 0. The van der Waals surface area contributed by atoms with E-state index in [0.717, 1.165) is 51.2 Å². The number of rotatable bonds is 2. The van der Waals surface area contributed by atoms with Crippen molar-refractivity contribution in [3.05, 3.63) is 52.8 Å². The molecule has 1 fully saturated rings. The number of nitrogens with zero attached hydrogens (tertiary/aromatic N) is 1. The van der Waals surface area contributed by atoms with Crippen LogP contribution >= 0.6 is 0 Å². The topological polar surface area (TPSA) is 27.3 Å². The maximum absolute atomic E-state index is 13.8. The molecule has 3 nitrogen and oxygen atoms in total. The summed E-state index contributed by atoms with van der Waals surface area (Å²) in [6.45, 7) is 6.21. The normalized spacial score (nSPS) is 25.6. The van der Waals surface area contributed by atoms with Gasteiger partial charge in [0.05, 0.1) is 5.56 Å². The third kappa shape index (κ3) is 3.06. The predicted octanol–water partition coefficient (Wildman–Crippen LogP) is 4.83. The highest BCUT2D eigenvalue weighted by molar-refractivity contribution is 5.74. The summed E-state index contributed by atoms with van der Waals surface area (Å²) < 4.78 is 53.0. The minimum Gasteiger partial charge on any atom is -0.371 e. The molecule has 154 valence electrons. The monoisotopic (exact) mass is 405 g/mol. The van der Waals surface area contributed by atoms with Crippen LogP contribution in [0.4, 0.5) is 34.6 Å². The van der Waals surface area contributed by atoms with Gasteiger partial charge in [0.1, 0.15) is 5.82 Å². The van der Waals surface area contributed by atoms with E-state index in [2.05, 4.69) is 28.5 Å². The molecule has 0 saturated carbocycles. The molecule has 0 bridgehead atoms. The molecule has 2 atom stereocenters. The van der Waals surface area contributed by atoms with E-state index >= 15 is 0 Å². The van der Waals surface area contributed by atoms with Gasteiger partial charge < -0.3 is 15.5 Å². The molecular weight excluding hydrogens is 382 g/mol. The second-order valence-corrected chi connectivity index (χ2v) is 8.68. The molecule has 1 saturated heterocycles. The Balaban J connectivity index is 1.58.